The van der Waals surface area contributed by atoms with Gasteiger partial charge in [0.2, 0.25) is 10.0 Å². The number of rotatable bonds is 10. The van der Waals surface area contributed by atoms with Gasteiger partial charge in [0.1, 0.15) is 17.5 Å². The Morgan fingerprint density at radius 1 is 1.07 bits per heavy atom. The summed E-state index contributed by atoms with van der Waals surface area (Å²) in [6.45, 7) is 0.267. The van der Waals surface area contributed by atoms with Gasteiger partial charge >= 0.3 is 5.97 Å². The molecule has 0 aliphatic rings. The highest BCUT2D eigenvalue weighted by Gasteiger charge is 2.26. The van der Waals surface area contributed by atoms with E-state index < -0.39 is 22.0 Å². The number of para-hydroxylation sites is 1. The lowest BCUT2D eigenvalue weighted by atomic mass is 10.2. The van der Waals surface area contributed by atoms with Crippen LogP contribution < -0.4 is 20.9 Å². The smallest absolute Gasteiger partial charge is 0.323 e. The van der Waals surface area contributed by atoms with E-state index in [1.54, 1.807) is 12.1 Å². The molecule has 0 aliphatic carbocycles. The maximum atomic E-state index is 12.6. The van der Waals surface area contributed by atoms with Gasteiger partial charge in [0.15, 0.2) is 5.96 Å². The van der Waals surface area contributed by atoms with Crippen LogP contribution in [0.5, 0.6) is 11.5 Å². The summed E-state index contributed by atoms with van der Waals surface area (Å²) in [5.74, 6) is 0.352. The molecule has 0 aromatic heterocycles. The summed E-state index contributed by atoms with van der Waals surface area (Å²) in [5, 5.41) is 0. The van der Waals surface area contributed by atoms with Crippen LogP contribution in [0.15, 0.2) is 64.5 Å². The molecule has 2 rings (SSSR count). The molecule has 0 radical (unpaired) electrons. The van der Waals surface area contributed by atoms with Crippen LogP contribution in [0.4, 0.5) is 0 Å². The van der Waals surface area contributed by atoms with Crippen LogP contribution in [0.1, 0.15) is 12.8 Å². The number of methoxy groups -OCH3 is 1. The van der Waals surface area contributed by atoms with Crippen LogP contribution in [-0.4, -0.2) is 40.0 Å². The topological polar surface area (TPSA) is 146 Å². The number of esters is 1. The third-order valence-corrected chi connectivity index (χ3v) is 5.33. The Kier molecular flexibility index (Phi) is 7.98. The normalized spacial score (nSPS) is 12.0. The second kappa shape index (κ2) is 10.4. The summed E-state index contributed by atoms with van der Waals surface area (Å²) >= 11 is 0. The maximum absolute atomic E-state index is 12.6. The number of guanidine groups is 1. The average Bonchev–Trinajstić information content (AvgIpc) is 2.70. The van der Waals surface area contributed by atoms with E-state index in [1.165, 1.54) is 31.4 Å². The van der Waals surface area contributed by atoms with Crippen molar-refractivity contribution in [3.63, 3.8) is 0 Å². The van der Waals surface area contributed by atoms with Crippen molar-refractivity contribution >= 4 is 22.0 Å². The van der Waals surface area contributed by atoms with Crippen LogP contribution in [0, 0.1) is 0 Å². The van der Waals surface area contributed by atoms with E-state index in [0.717, 1.165) is 0 Å². The number of hydrogen-bond acceptors (Lipinski definition) is 6. The highest BCUT2D eigenvalue weighted by atomic mass is 32.2. The van der Waals surface area contributed by atoms with Crippen LogP contribution in [0.2, 0.25) is 0 Å². The minimum atomic E-state index is -3.95. The Labute approximate surface area is 169 Å². The van der Waals surface area contributed by atoms with E-state index in [-0.39, 0.29) is 23.8 Å². The molecule has 0 unspecified atom stereocenters. The van der Waals surface area contributed by atoms with Gasteiger partial charge in [-0.25, -0.2) is 8.42 Å². The van der Waals surface area contributed by atoms with Gasteiger partial charge in [-0.1, -0.05) is 18.2 Å². The number of benzene rings is 2. The molecule has 0 fully saturated rings. The number of carbonyl (C=O) groups excluding carboxylic acids is 1. The van der Waals surface area contributed by atoms with Crippen molar-refractivity contribution in [2.75, 3.05) is 13.7 Å². The first-order chi connectivity index (χ1) is 13.8. The molecule has 0 saturated carbocycles. The van der Waals surface area contributed by atoms with E-state index >= 15 is 0 Å². The third-order valence-electron chi connectivity index (χ3n) is 3.84. The van der Waals surface area contributed by atoms with Gasteiger partial charge in [-0.05, 0) is 49.2 Å². The van der Waals surface area contributed by atoms with Gasteiger partial charge in [-0.15, -0.1) is 0 Å². The number of nitrogens with two attached hydrogens (primary N) is 2. The fourth-order valence-electron chi connectivity index (χ4n) is 2.44. The van der Waals surface area contributed by atoms with Crippen molar-refractivity contribution in [1.29, 1.82) is 0 Å². The fourth-order valence-corrected chi connectivity index (χ4v) is 3.66. The first-order valence-electron chi connectivity index (χ1n) is 8.80. The summed E-state index contributed by atoms with van der Waals surface area (Å²) in [4.78, 5) is 15.8. The second-order valence-electron chi connectivity index (χ2n) is 6.03. The van der Waals surface area contributed by atoms with E-state index in [0.29, 0.717) is 17.9 Å². The van der Waals surface area contributed by atoms with Crippen molar-refractivity contribution in [3.8, 4) is 11.5 Å². The van der Waals surface area contributed by atoms with Crippen LogP contribution >= 0.6 is 0 Å². The fraction of sp³-hybridized carbons (Fsp3) is 0.263. The van der Waals surface area contributed by atoms with E-state index in [2.05, 4.69) is 14.5 Å². The molecule has 0 spiro atoms. The lowest BCUT2D eigenvalue weighted by Gasteiger charge is -2.16. The van der Waals surface area contributed by atoms with Crippen LogP contribution in [0.25, 0.3) is 0 Å². The Morgan fingerprint density at radius 3 is 2.28 bits per heavy atom. The van der Waals surface area contributed by atoms with E-state index in [1.807, 2.05) is 18.2 Å². The van der Waals surface area contributed by atoms with Gasteiger partial charge < -0.3 is 20.9 Å². The van der Waals surface area contributed by atoms with Gasteiger partial charge in [0, 0.05) is 6.54 Å². The van der Waals surface area contributed by atoms with Gasteiger partial charge in [-0.3, -0.25) is 9.79 Å². The lowest BCUT2D eigenvalue weighted by molar-refractivity contribution is -0.142. The predicted molar refractivity (Wildman–Crippen MR) is 109 cm³/mol. The quantitative estimate of drug-likeness (QED) is 0.227. The van der Waals surface area contributed by atoms with Crippen LogP contribution in [-0.2, 0) is 19.6 Å². The minimum absolute atomic E-state index is 0.00367. The Morgan fingerprint density at radius 2 is 1.69 bits per heavy atom. The summed E-state index contributed by atoms with van der Waals surface area (Å²) < 4.78 is 38.0. The number of nitrogens with zero attached hydrogens (tertiary/aromatic N) is 1. The Balaban J connectivity index is 2.06. The molecule has 0 saturated heterocycles. The molecule has 5 N–H and O–H groups in total. The first kappa shape index (κ1) is 22.2. The number of ether oxygens (including phenoxy) is 2. The molecule has 0 aliphatic heterocycles. The molecule has 29 heavy (non-hydrogen) atoms. The third kappa shape index (κ3) is 7.09. The van der Waals surface area contributed by atoms with Crippen molar-refractivity contribution in [1.82, 2.24) is 4.72 Å². The zero-order valence-corrected chi connectivity index (χ0v) is 16.8. The molecular formula is C19H24N4O5S. The molecule has 10 heteroatoms. The minimum Gasteiger partial charge on any atom is -0.468 e. The number of hydrogen-bond donors (Lipinski definition) is 3. The molecule has 9 nitrogen and oxygen atoms in total. The van der Waals surface area contributed by atoms with Gasteiger partial charge in [0.05, 0.1) is 12.0 Å². The molecule has 2 aromatic rings. The summed E-state index contributed by atoms with van der Waals surface area (Å²) in [5.41, 5.74) is 10.5. The largest absolute Gasteiger partial charge is 0.468 e. The van der Waals surface area contributed by atoms with Gasteiger partial charge in [-0.2, -0.15) is 4.72 Å². The SMILES string of the molecule is COC(=O)[C@@H](CCCN=C(N)N)NS(=O)(=O)c1ccc(Oc2ccccc2)cc1. The summed E-state index contributed by atoms with van der Waals surface area (Å²) in [6, 6.07) is 13.9. The van der Waals surface area contributed by atoms with Gasteiger partial charge in [0.25, 0.3) is 0 Å². The second-order valence-corrected chi connectivity index (χ2v) is 7.75. The molecule has 0 heterocycles. The molecule has 1 atom stereocenters. The molecule has 0 bridgehead atoms. The standard InChI is InChI=1S/C19H24N4O5S/c1-27-18(24)17(8-5-13-22-19(20)21)23-29(25,26)16-11-9-15(10-12-16)28-14-6-3-2-4-7-14/h2-4,6-7,9-12,17,23H,5,8,13H2,1H3,(H4,20,21,22)/t17-/m1/s1. The number of nitrogens with one attached hydrogen (secondary N) is 1. The van der Waals surface area contributed by atoms with Crippen molar-refractivity contribution in [2.24, 2.45) is 16.5 Å². The average molecular weight is 420 g/mol. The summed E-state index contributed by atoms with van der Waals surface area (Å²) in [7, 11) is -2.76. The van der Waals surface area contributed by atoms with Crippen molar-refractivity contribution in [2.45, 2.75) is 23.8 Å². The zero-order chi connectivity index (χ0) is 21.3. The molecule has 2 aromatic carbocycles. The van der Waals surface area contributed by atoms with E-state index in [4.69, 9.17) is 16.2 Å². The molecular weight excluding hydrogens is 396 g/mol. The van der Waals surface area contributed by atoms with Crippen molar-refractivity contribution < 1.29 is 22.7 Å². The predicted octanol–water partition coefficient (Wildman–Crippen LogP) is 1.35. The highest BCUT2D eigenvalue weighted by Crippen LogP contribution is 2.22. The Hall–Kier alpha value is -3.11. The number of sulfonamides is 1. The number of aliphatic imine (C=N–C) groups is 1. The maximum Gasteiger partial charge on any atom is 0.323 e. The zero-order valence-electron chi connectivity index (χ0n) is 15.9. The first-order valence-corrected chi connectivity index (χ1v) is 10.3. The number of carbonyl (C=O) groups is 1. The van der Waals surface area contributed by atoms with Crippen LogP contribution in [0.3, 0.4) is 0 Å². The lowest BCUT2D eigenvalue weighted by Crippen LogP contribution is -2.41. The van der Waals surface area contributed by atoms with E-state index in [9.17, 15) is 13.2 Å². The van der Waals surface area contributed by atoms with Crippen molar-refractivity contribution in [3.05, 3.63) is 54.6 Å². The Bertz CT molecular complexity index is 927. The summed E-state index contributed by atoms with van der Waals surface area (Å²) in [6.07, 6.45) is 0.571. The molecule has 156 valence electrons. The monoisotopic (exact) mass is 420 g/mol. The molecule has 0 amide bonds. The highest BCUT2D eigenvalue weighted by molar-refractivity contribution is 7.89.